The molecule has 1 saturated carbocycles. The van der Waals surface area contributed by atoms with E-state index in [1.807, 2.05) is 39.0 Å². The molecular formula is C21H33NO3. The summed E-state index contributed by atoms with van der Waals surface area (Å²) < 4.78 is 11.4. The summed E-state index contributed by atoms with van der Waals surface area (Å²) in [5, 5.41) is 3.23. The average Bonchev–Trinajstić information content (AvgIpc) is 2.56. The minimum atomic E-state index is 0.0134. The van der Waals surface area contributed by atoms with Crippen LogP contribution in [-0.2, 0) is 11.3 Å². The summed E-state index contributed by atoms with van der Waals surface area (Å²) >= 11 is 0. The topological polar surface area (TPSA) is 47.6 Å². The number of amides is 1. The van der Waals surface area contributed by atoms with Crippen LogP contribution in [0, 0.1) is 0 Å². The lowest BCUT2D eigenvalue weighted by atomic mass is 9.96. The third-order valence-corrected chi connectivity index (χ3v) is 4.64. The Morgan fingerprint density at radius 3 is 2.48 bits per heavy atom. The van der Waals surface area contributed by atoms with Crippen molar-refractivity contribution in [2.75, 3.05) is 6.61 Å². The molecule has 4 heteroatoms. The minimum absolute atomic E-state index is 0.0134. The Morgan fingerprint density at radius 1 is 1.16 bits per heavy atom. The molecule has 1 aromatic rings. The van der Waals surface area contributed by atoms with E-state index in [0.29, 0.717) is 24.8 Å². The fourth-order valence-electron chi connectivity index (χ4n) is 3.26. The van der Waals surface area contributed by atoms with Gasteiger partial charge in [0.05, 0.1) is 19.3 Å². The standard InChI is InChI=1S/C21H33NO3/c1-4-24-20-13-12-17(14-18(20)15-25-16(2)3)21(23)22-19-10-8-6-5-7-9-11-19/h12-14,16,19H,4-11,15H2,1-3H3,(H,22,23). The monoisotopic (exact) mass is 347 g/mol. The Morgan fingerprint density at radius 2 is 1.84 bits per heavy atom. The highest BCUT2D eigenvalue weighted by Crippen LogP contribution is 2.23. The summed E-state index contributed by atoms with van der Waals surface area (Å²) in [6.45, 7) is 7.03. The van der Waals surface area contributed by atoms with E-state index in [2.05, 4.69) is 5.32 Å². The maximum Gasteiger partial charge on any atom is 0.251 e. The van der Waals surface area contributed by atoms with Crippen molar-refractivity contribution in [3.05, 3.63) is 29.3 Å². The van der Waals surface area contributed by atoms with Crippen LogP contribution in [0.3, 0.4) is 0 Å². The fraction of sp³-hybridized carbons (Fsp3) is 0.667. The molecule has 0 bridgehead atoms. The number of nitrogens with one attached hydrogen (secondary N) is 1. The number of rotatable bonds is 7. The van der Waals surface area contributed by atoms with Crippen LogP contribution in [0.4, 0.5) is 0 Å². The fourth-order valence-corrected chi connectivity index (χ4v) is 3.26. The second-order valence-electron chi connectivity index (χ2n) is 7.13. The van der Waals surface area contributed by atoms with Gasteiger partial charge in [-0.05, 0) is 51.8 Å². The van der Waals surface area contributed by atoms with Gasteiger partial charge in [0, 0.05) is 17.2 Å². The van der Waals surface area contributed by atoms with Crippen LogP contribution < -0.4 is 10.1 Å². The molecule has 1 fully saturated rings. The lowest BCUT2D eigenvalue weighted by Gasteiger charge is -2.21. The largest absolute Gasteiger partial charge is 0.494 e. The highest BCUT2D eigenvalue weighted by atomic mass is 16.5. The smallest absolute Gasteiger partial charge is 0.251 e. The molecule has 0 spiro atoms. The molecule has 0 aliphatic heterocycles. The Hall–Kier alpha value is -1.55. The van der Waals surface area contributed by atoms with Crippen LogP contribution in [0.5, 0.6) is 5.75 Å². The van der Waals surface area contributed by atoms with Crippen molar-refractivity contribution in [1.29, 1.82) is 0 Å². The Kier molecular flexibility index (Phi) is 8.26. The van der Waals surface area contributed by atoms with Gasteiger partial charge >= 0.3 is 0 Å². The predicted molar refractivity (Wildman–Crippen MR) is 101 cm³/mol. The Labute approximate surface area is 152 Å². The molecule has 1 N–H and O–H groups in total. The first kappa shape index (κ1) is 19.8. The lowest BCUT2D eigenvalue weighted by Crippen LogP contribution is -2.35. The molecule has 2 rings (SSSR count). The second kappa shape index (κ2) is 10.4. The number of ether oxygens (including phenoxy) is 2. The molecule has 0 heterocycles. The third-order valence-electron chi connectivity index (χ3n) is 4.64. The number of benzene rings is 1. The zero-order chi connectivity index (χ0) is 18.1. The van der Waals surface area contributed by atoms with E-state index in [4.69, 9.17) is 9.47 Å². The van der Waals surface area contributed by atoms with Crippen LogP contribution >= 0.6 is 0 Å². The predicted octanol–water partition coefficient (Wildman–Crippen LogP) is 4.85. The average molecular weight is 347 g/mol. The molecule has 25 heavy (non-hydrogen) atoms. The van der Waals surface area contributed by atoms with Crippen LogP contribution in [0.1, 0.15) is 81.6 Å². The van der Waals surface area contributed by atoms with Gasteiger partial charge in [0.2, 0.25) is 0 Å². The van der Waals surface area contributed by atoms with Crippen LogP contribution in [0.15, 0.2) is 18.2 Å². The molecule has 1 amide bonds. The first-order chi connectivity index (χ1) is 12.1. The van der Waals surface area contributed by atoms with Crippen molar-refractivity contribution in [3.8, 4) is 5.75 Å². The van der Waals surface area contributed by atoms with Gasteiger partial charge in [0.1, 0.15) is 5.75 Å². The van der Waals surface area contributed by atoms with Gasteiger partial charge in [-0.2, -0.15) is 0 Å². The van der Waals surface area contributed by atoms with E-state index in [0.717, 1.165) is 24.2 Å². The molecule has 1 aliphatic rings. The van der Waals surface area contributed by atoms with Crippen molar-refractivity contribution in [2.45, 2.75) is 84.5 Å². The summed E-state index contributed by atoms with van der Waals surface area (Å²) in [6.07, 6.45) is 8.64. The first-order valence-corrected chi connectivity index (χ1v) is 9.78. The Balaban J connectivity index is 2.05. The van der Waals surface area contributed by atoms with E-state index in [1.54, 1.807) is 0 Å². The number of carbonyl (C=O) groups excluding carboxylic acids is 1. The van der Waals surface area contributed by atoms with Gasteiger partial charge in [-0.3, -0.25) is 4.79 Å². The Bertz CT molecular complexity index is 534. The molecule has 4 nitrogen and oxygen atoms in total. The van der Waals surface area contributed by atoms with E-state index in [9.17, 15) is 4.79 Å². The van der Waals surface area contributed by atoms with Crippen molar-refractivity contribution in [2.24, 2.45) is 0 Å². The normalized spacial score (nSPS) is 16.3. The molecular weight excluding hydrogens is 314 g/mol. The van der Waals surface area contributed by atoms with E-state index < -0.39 is 0 Å². The molecule has 0 unspecified atom stereocenters. The van der Waals surface area contributed by atoms with Crippen LogP contribution in [0.25, 0.3) is 0 Å². The summed E-state index contributed by atoms with van der Waals surface area (Å²) in [4.78, 5) is 12.7. The van der Waals surface area contributed by atoms with E-state index in [-0.39, 0.29) is 12.0 Å². The third kappa shape index (κ3) is 6.69. The zero-order valence-electron chi connectivity index (χ0n) is 16.0. The van der Waals surface area contributed by atoms with Gasteiger partial charge in [-0.15, -0.1) is 0 Å². The zero-order valence-corrected chi connectivity index (χ0v) is 16.0. The maximum absolute atomic E-state index is 12.7. The number of hydrogen-bond donors (Lipinski definition) is 1. The summed E-state index contributed by atoms with van der Waals surface area (Å²) in [7, 11) is 0. The van der Waals surface area contributed by atoms with Gasteiger partial charge < -0.3 is 14.8 Å². The molecule has 0 atom stereocenters. The highest BCUT2D eigenvalue weighted by molar-refractivity contribution is 5.94. The number of hydrogen-bond acceptors (Lipinski definition) is 3. The van der Waals surface area contributed by atoms with Crippen molar-refractivity contribution in [3.63, 3.8) is 0 Å². The molecule has 0 aromatic heterocycles. The lowest BCUT2D eigenvalue weighted by molar-refractivity contribution is 0.0641. The molecule has 1 aromatic carbocycles. The van der Waals surface area contributed by atoms with Crippen LogP contribution in [-0.4, -0.2) is 24.7 Å². The van der Waals surface area contributed by atoms with Gasteiger partial charge in [0.25, 0.3) is 5.91 Å². The van der Waals surface area contributed by atoms with Crippen LogP contribution in [0.2, 0.25) is 0 Å². The molecule has 0 saturated heterocycles. The SMILES string of the molecule is CCOc1ccc(C(=O)NC2CCCCCCC2)cc1COC(C)C. The summed E-state index contributed by atoms with van der Waals surface area (Å²) in [5.74, 6) is 0.810. The summed E-state index contributed by atoms with van der Waals surface area (Å²) in [6, 6.07) is 5.94. The first-order valence-electron chi connectivity index (χ1n) is 9.78. The second-order valence-corrected chi connectivity index (χ2v) is 7.13. The van der Waals surface area contributed by atoms with Gasteiger partial charge in [-0.25, -0.2) is 0 Å². The quantitative estimate of drug-likeness (QED) is 0.767. The highest BCUT2D eigenvalue weighted by Gasteiger charge is 2.16. The van der Waals surface area contributed by atoms with Gasteiger partial charge in [0.15, 0.2) is 0 Å². The van der Waals surface area contributed by atoms with Crippen molar-refractivity contribution >= 4 is 5.91 Å². The molecule has 140 valence electrons. The van der Waals surface area contributed by atoms with Crippen molar-refractivity contribution < 1.29 is 14.3 Å². The summed E-state index contributed by atoms with van der Waals surface area (Å²) in [5.41, 5.74) is 1.62. The molecule has 0 radical (unpaired) electrons. The van der Waals surface area contributed by atoms with Crippen molar-refractivity contribution in [1.82, 2.24) is 5.32 Å². The van der Waals surface area contributed by atoms with E-state index in [1.165, 1.54) is 32.1 Å². The van der Waals surface area contributed by atoms with Gasteiger partial charge in [-0.1, -0.05) is 32.1 Å². The molecule has 1 aliphatic carbocycles. The van der Waals surface area contributed by atoms with E-state index >= 15 is 0 Å². The maximum atomic E-state index is 12.7. The minimum Gasteiger partial charge on any atom is -0.494 e. The number of carbonyl (C=O) groups is 1.